The summed E-state index contributed by atoms with van der Waals surface area (Å²) in [6.45, 7) is 3.31. The first-order chi connectivity index (χ1) is 7.83. The molecule has 2 atom stereocenters. The van der Waals surface area contributed by atoms with E-state index in [2.05, 4.69) is 22.2 Å². The predicted molar refractivity (Wildman–Crippen MR) is 60.9 cm³/mol. The molecule has 2 aromatic rings. The lowest BCUT2D eigenvalue weighted by Gasteiger charge is -2.25. The highest BCUT2D eigenvalue weighted by Crippen LogP contribution is 2.27. The van der Waals surface area contributed by atoms with Crippen molar-refractivity contribution in [1.82, 2.24) is 15.3 Å². The summed E-state index contributed by atoms with van der Waals surface area (Å²) in [4.78, 5) is 8.61. The van der Waals surface area contributed by atoms with Crippen LogP contribution in [0.15, 0.2) is 22.7 Å². The molecule has 4 heteroatoms. The average molecular weight is 217 g/mol. The number of hydrogen-bond donors (Lipinski definition) is 1. The van der Waals surface area contributed by atoms with Crippen molar-refractivity contribution in [3.8, 4) is 0 Å². The number of oxazole rings is 1. The number of nitrogens with zero attached hydrogens (tertiary/aromatic N) is 2. The molecule has 0 radical (unpaired) electrons. The van der Waals surface area contributed by atoms with Crippen molar-refractivity contribution in [2.24, 2.45) is 5.92 Å². The van der Waals surface area contributed by atoms with E-state index in [9.17, 15) is 0 Å². The molecule has 1 aliphatic heterocycles. The van der Waals surface area contributed by atoms with Crippen LogP contribution in [-0.4, -0.2) is 16.5 Å². The van der Waals surface area contributed by atoms with Crippen LogP contribution in [0.1, 0.15) is 31.7 Å². The van der Waals surface area contributed by atoms with E-state index >= 15 is 0 Å². The smallest absolute Gasteiger partial charge is 0.214 e. The van der Waals surface area contributed by atoms with Crippen LogP contribution in [0.5, 0.6) is 0 Å². The Morgan fingerprint density at radius 1 is 1.50 bits per heavy atom. The molecule has 0 bridgehead atoms. The zero-order chi connectivity index (χ0) is 11.0. The second-order valence-corrected chi connectivity index (χ2v) is 4.51. The Morgan fingerprint density at radius 3 is 3.25 bits per heavy atom. The van der Waals surface area contributed by atoms with Gasteiger partial charge in [0.15, 0.2) is 11.2 Å². The summed E-state index contributed by atoms with van der Waals surface area (Å²) in [5, 5.41) is 3.44. The lowest BCUT2D eigenvalue weighted by Crippen LogP contribution is -2.30. The van der Waals surface area contributed by atoms with Gasteiger partial charge in [-0.15, -0.1) is 0 Å². The average Bonchev–Trinajstić information content (AvgIpc) is 2.72. The van der Waals surface area contributed by atoms with Crippen molar-refractivity contribution in [2.75, 3.05) is 6.54 Å². The van der Waals surface area contributed by atoms with Gasteiger partial charge in [0.25, 0.3) is 0 Å². The summed E-state index contributed by atoms with van der Waals surface area (Å²) in [5.41, 5.74) is 1.48. The van der Waals surface area contributed by atoms with Crippen LogP contribution in [0, 0.1) is 5.92 Å². The van der Waals surface area contributed by atoms with Crippen LogP contribution in [-0.2, 0) is 0 Å². The molecule has 1 fully saturated rings. The summed E-state index contributed by atoms with van der Waals surface area (Å²) in [6.07, 6.45) is 4.06. The fourth-order valence-corrected chi connectivity index (χ4v) is 2.23. The molecule has 3 heterocycles. The SMILES string of the molecule is CC1CCNC(c2nc3ncccc3o2)C1. The third kappa shape index (κ3) is 1.69. The van der Waals surface area contributed by atoms with E-state index in [1.54, 1.807) is 6.20 Å². The molecule has 0 spiro atoms. The maximum absolute atomic E-state index is 5.72. The van der Waals surface area contributed by atoms with Gasteiger partial charge < -0.3 is 9.73 Å². The van der Waals surface area contributed by atoms with Crippen molar-refractivity contribution < 1.29 is 4.42 Å². The van der Waals surface area contributed by atoms with E-state index in [-0.39, 0.29) is 6.04 Å². The summed E-state index contributed by atoms with van der Waals surface area (Å²) < 4.78 is 5.72. The van der Waals surface area contributed by atoms with Gasteiger partial charge in [-0.25, -0.2) is 4.98 Å². The second kappa shape index (κ2) is 3.87. The van der Waals surface area contributed by atoms with Gasteiger partial charge in [0, 0.05) is 6.20 Å². The molecule has 84 valence electrons. The van der Waals surface area contributed by atoms with E-state index in [0.717, 1.165) is 30.4 Å². The molecule has 0 saturated carbocycles. The summed E-state index contributed by atoms with van der Waals surface area (Å²) in [7, 11) is 0. The van der Waals surface area contributed by atoms with Gasteiger partial charge in [-0.05, 0) is 37.4 Å². The number of rotatable bonds is 1. The molecule has 0 amide bonds. The minimum absolute atomic E-state index is 0.248. The largest absolute Gasteiger partial charge is 0.437 e. The van der Waals surface area contributed by atoms with E-state index < -0.39 is 0 Å². The summed E-state index contributed by atoms with van der Waals surface area (Å²) >= 11 is 0. The van der Waals surface area contributed by atoms with E-state index in [1.165, 1.54) is 6.42 Å². The van der Waals surface area contributed by atoms with Gasteiger partial charge in [0.05, 0.1) is 6.04 Å². The Morgan fingerprint density at radius 2 is 2.44 bits per heavy atom. The van der Waals surface area contributed by atoms with Gasteiger partial charge in [-0.2, -0.15) is 4.98 Å². The first-order valence-corrected chi connectivity index (χ1v) is 5.78. The molecular weight excluding hydrogens is 202 g/mol. The Hall–Kier alpha value is -1.42. The molecular formula is C12H15N3O. The summed E-state index contributed by atoms with van der Waals surface area (Å²) in [6, 6.07) is 4.03. The number of fused-ring (bicyclic) bond motifs is 1. The van der Waals surface area contributed by atoms with Crippen molar-refractivity contribution in [3.63, 3.8) is 0 Å². The molecule has 1 N–H and O–H groups in total. The van der Waals surface area contributed by atoms with Crippen molar-refractivity contribution in [3.05, 3.63) is 24.2 Å². The standard InChI is InChI=1S/C12H15N3O/c1-8-4-6-13-9(7-8)12-15-11-10(16-12)3-2-5-14-11/h2-3,5,8-9,13H,4,6-7H2,1H3. The Labute approximate surface area is 94.1 Å². The van der Waals surface area contributed by atoms with Gasteiger partial charge in [-0.1, -0.05) is 6.92 Å². The molecule has 1 saturated heterocycles. The highest BCUT2D eigenvalue weighted by atomic mass is 16.3. The molecule has 0 aliphatic carbocycles. The van der Waals surface area contributed by atoms with Crippen LogP contribution in [0.2, 0.25) is 0 Å². The van der Waals surface area contributed by atoms with Crippen LogP contribution >= 0.6 is 0 Å². The first-order valence-electron chi connectivity index (χ1n) is 5.78. The Bertz CT molecular complexity index is 461. The topological polar surface area (TPSA) is 51.0 Å². The molecule has 4 nitrogen and oxygen atoms in total. The quantitative estimate of drug-likeness (QED) is 0.796. The molecule has 0 aromatic carbocycles. The number of nitrogens with one attached hydrogen (secondary N) is 1. The van der Waals surface area contributed by atoms with E-state index in [4.69, 9.17) is 4.42 Å². The number of pyridine rings is 1. The highest BCUT2D eigenvalue weighted by Gasteiger charge is 2.24. The van der Waals surface area contributed by atoms with Crippen LogP contribution in [0.4, 0.5) is 0 Å². The lowest BCUT2D eigenvalue weighted by atomic mass is 9.94. The Balaban J connectivity index is 1.93. The molecule has 3 rings (SSSR count). The fourth-order valence-electron chi connectivity index (χ4n) is 2.23. The summed E-state index contributed by atoms with van der Waals surface area (Å²) in [5.74, 6) is 1.51. The zero-order valence-electron chi connectivity index (χ0n) is 9.31. The maximum atomic E-state index is 5.72. The highest BCUT2D eigenvalue weighted by molar-refractivity contribution is 5.66. The van der Waals surface area contributed by atoms with Crippen LogP contribution < -0.4 is 5.32 Å². The fraction of sp³-hybridized carbons (Fsp3) is 0.500. The van der Waals surface area contributed by atoms with Gasteiger partial charge in [0.2, 0.25) is 5.89 Å². The third-order valence-electron chi connectivity index (χ3n) is 3.15. The molecule has 2 aromatic heterocycles. The van der Waals surface area contributed by atoms with Crippen LogP contribution in [0.25, 0.3) is 11.2 Å². The van der Waals surface area contributed by atoms with Gasteiger partial charge in [-0.3, -0.25) is 0 Å². The van der Waals surface area contributed by atoms with Crippen molar-refractivity contribution >= 4 is 11.2 Å². The normalized spacial score (nSPS) is 26.1. The third-order valence-corrected chi connectivity index (χ3v) is 3.15. The monoisotopic (exact) mass is 217 g/mol. The van der Waals surface area contributed by atoms with E-state index in [1.807, 2.05) is 12.1 Å². The minimum atomic E-state index is 0.248. The maximum Gasteiger partial charge on any atom is 0.214 e. The number of aromatic nitrogens is 2. The predicted octanol–water partition coefficient (Wildman–Crippen LogP) is 2.28. The number of hydrogen-bond acceptors (Lipinski definition) is 4. The second-order valence-electron chi connectivity index (χ2n) is 4.51. The minimum Gasteiger partial charge on any atom is -0.437 e. The van der Waals surface area contributed by atoms with E-state index in [0.29, 0.717) is 5.65 Å². The Kier molecular flexibility index (Phi) is 2.36. The first kappa shape index (κ1) is 9.78. The molecule has 2 unspecified atom stereocenters. The number of piperidine rings is 1. The van der Waals surface area contributed by atoms with Crippen LogP contribution in [0.3, 0.4) is 0 Å². The molecule has 1 aliphatic rings. The van der Waals surface area contributed by atoms with Gasteiger partial charge >= 0.3 is 0 Å². The zero-order valence-corrected chi connectivity index (χ0v) is 9.31. The van der Waals surface area contributed by atoms with Gasteiger partial charge in [0.1, 0.15) is 0 Å². The van der Waals surface area contributed by atoms with Crippen molar-refractivity contribution in [1.29, 1.82) is 0 Å². The molecule has 16 heavy (non-hydrogen) atoms. The van der Waals surface area contributed by atoms with Crippen molar-refractivity contribution in [2.45, 2.75) is 25.8 Å². The lowest BCUT2D eigenvalue weighted by molar-refractivity contribution is 0.287.